The van der Waals surface area contributed by atoms with Crippen molar-refractivity contribution in [3.63, 3.8) is 0 Å². The lowest BCUT2D eigenvalue weighted by molar-refractivity contribution is -0.162. The maximum Gasteiger partial charge on any atom is 0.309 e. The average Bonchev–Trinajstić information content (AvgIpc) is 3.03. The number of aliphatic hydroxyl groups is 1. The smallest absolute Gasteiger partial charge is 0.309 e. The molecule has 1 saturated carbocycles. The van der Waals surface area contributed by atoms with Crippen molar-refractivity contribution in [3.8, 4) is 0 Å². The van der Waals surface area contributed by atoms with E-state index in [0.29, 0.717) is 25.7 Å². The fraction of sp³-hybridized carbons (Fsp3) is 0.640. The first-order valence-electron chi connectivity index (χ1n) is 11.6. The van der Waals surface area contributed by atoms with Crippen LogP contribution in [0.15, 0.2) is 18.2 Å². The molecule has 1 aliphatic heterocycles. The second-order valence-electron chi connectivity index (χ2n) is 10.8. The summed E-state index contributed by atoms with van der Waals surface area (Å²) >= 11 is 0. The highest BCUT2D eigenvalue weighted by molar-refractivity contribution is 6.01. The van der Waals surface area contributed by atoms with Crippen molar-refractivity contribution in [3.05, 3.63) is 29.3 Å². The van der Waals surface area contributed by atoms with Gasteiger partial charge in [0.2, 0.25) is 11.8 Å². The van der Waals surface area contributed by atoms with Crippen LogP contribution < -0.4 is 10.6 Å². The number of rotatable bonds is 4. The number of carbonyl (C=O) groups excluding carboxylic acids is 3. The molecule has 1 atom stereocenters. The Morgan fingerprint density at radius 1 is 1.16 bits per heavy atom. The molecule has 4 rings (SSSR count). The standard InChI is InChI=1S/C25H34N2O5/c1-23(2,3)32-21(29)15-25(31)12-10-24(11-13-25)9-8-16-14-17(4-5-18(16)24)26-19-6-7-20(28)27-22(19)30/h4-5,14,19,26,31H,6-13,15H2,1-3H3,(H,27,28,30). The molecule has 2 aliphatic carbocycles. The fourth-order valence-electron chi connectivity index (χ4n) is 5.49. The zero-order valence-corrected chi connectivity index (χ0v) is 19.3. The van der Waals surface area contributed by atoms with Gasteiger partial charge in [-0.25, -0.2) is 0 Å². The number of amides is 2. The summed E-state index contributed by atoms with van der Waals surface area (Å²) in [6, 6.07) is 5.89. The molecule has 3 N–H and O–H groups in total. The number of aryl methyl sites for hydroxylation is 1. The van der Waals surface area contributed by atoms with Crippen molar-refractivity contribution < 1.29 is 24.2 Å². The minimum Gasteiger partial charge on any atom is -0.460 e. The van der Waals surface area contributed by atoms with Crippen LogP contribution in [0.5, 0.6) is 0 Å². The van der Waals surface area contributed by atoms with Crippen LogP contribution >= 0.6 is 0 Å². The van der Waals surface area contributed by atoms with Gasteiger partial charge in [-0.15, -0.1) is 0 Å². The van der Waals surface area contributed by atoms with Gasteiger partial charge in [0.05, 0.1) is 12.0 Å². The summed E-state index contributed by atoms with van der Waals surface area (Å²) in [6.45, 7) is 5.51. The van der Waals surface area contributed by atoms with Crippen molar-refractivity contribution in [2.75, 3.05) is 5.32 Å². The van der Waals surface area contributed by atoms with Gasteiger partial charge in [0.1, 0.15) is 11.6 Å². The Morgan fingerprint density at radius 3 is 2.53 bits per heavy atom. The van der Waals surface area contributed by atoms with E-state index in [1.807, 2.05) is 26.8 Å². The summed E-state index contributed by atoms with van der Waals surface area (Å²) in [7, 11) is 0. The Hall–Kier alpha value is -2.41. The summed E-state index contributed by atoms with van der Waals surface area (Å²) in [5.74, 6) is -0.824. The summed E-state index contributed by atoms with van der Waals surface area (Å²) in [4.78, 5) is 35.7. The minimum absolute atomic E-state index is 0.0437. The van der Waals surface area contributed by atoms with E-state index in [-0.39, 0.29) is 29.6 Å². The highest BCUT2D eigenvalue weighted by atomic mass is 16.6. The molecule has 32 heavy (non-hydrogen) atoms. The third kappa shape index (κ3) is 4.82. The van der Waals surface area contributed by atoms with Crippen LogP contribution in [0.3, 0.4) is 0 Å². The Balaban J connectivity index is 1.40. The third-order valence-corrected chi connectivity index (χ3v) is 7.16. The van der Waals surface area contributed by atoms with Gasteiger partial charge in [0.25, 0.3) is 0 Å². The van der Waals surface area contributed by atoms with Crippen LogP contribution in [0.4, 0.5) is 5.69 Å². The van der Waals surface area contributed by atoms with E-state index >= 15 is 0 Å². The maximum atomic E-state index is 12.2. The fourth-order valence-corrected chi connectivity index (χ4v) is 5.49. The highest BCUT2D eigenvalue weighted by Crippen LogP contribution is 2.52. The topological polar surface area (TPSA) is 105 Å². The molecule has 1 saturated heterocycles. The molecule has 1 heterocycles. The molecular formula is C25H34N2O5. The number of hydrogen-bond donors (Lipinski definition) is 3. The lowest BCUT2D eigenvalue weighted by atomic mass is 9.65. The number of piperidine rings is 1. The van der Waals surface area contributed by atoms with Gasteiger partial charge in [-0.3, -0.25) is 19.7 Å². The number of nitrogens with one attached hydrogen (secondary N) is 2. The first kappa shape index (κ1) is 22.8. The van der Waals surface area contributed by atoms with Gasteiger partial charge in [0.15, 0.2) is 0 Å². The molecule has 2 amide bonds. The van der Waals surface area contributed by atoms with E-state index < -0.39 is 17.2 Å². The molecule has 0 radical (unpaired) electrons. The normalized spacial score (nSPS) is 30.1. The second kappa shape index (κ2) is 8.18. The summed E-state index contributed by atoms with van der Waals surface area (Å²) in [5, 5.41) is 16.7. The first-order valence-corrected chi connectivity index (χ1v) is 11.6. The number of anilines is 1. The van der Waals surface area contributed by atoms with E-state index in [9.17, 15) is 19.5 Å². The van der Waals surface area contributed by atoms with Crippen molar-refractivity contribution in [1.29, 1.82) is 0 Å². The Bertz CT molecular complexity index is 925. The Labute approximate surface area is 189 Å². The van der Waals surface area contributed by atoms with Crippen LogP contribution in [0.1, 0.15) is 83.3 Å². The first-order chi connectivity index (χ1) is 15.0. The zero-order chi connectivity index (χ0) is 23.1. The summed E-state index contributed by atoms with van der Waals surface area (Å²) < 4.78 is 5.41. The molecule has 2 fully saturated rings. The van der Waals surface area contributed by atoms with Gasteiger partial charge in [0, 0.05) is 12.1 Å². The van der Waals surface area contributed by atoms with Crippen LogP contribution in [0.25, 0.3) is 0 Å². The minimum atomic E-state index is -0.996. The van der Waals surface area contributed by atoms with Crippen molar-refractivity contribution in [2.24, 2.45) is 0 Å². The third-order valence-electron chi connectivity index (χ3n) is 7.16. The molecule has 1 aromatic rings. The predicted octanol–water partition coefficient (Wildman–Crippen LogP) is 3.12. The van der Waals surface area contributed by atoms with Crippen LogP contribution in [-0.4, -0.2) is 40.1 Å². The molecule has 174 valence electrons. The van der Waals surface area contributed by atoms with E-state index in [1.54, 1.807) is 0 Å². The van der Waals surface area contributed by atoms with E-state index in [4.69, 9.17) is 4.74 Å². The zero-order valence-electron chi connectivity index (χ0n) is 19.3. The average molecular weight is 443 g/mol. The summed E-state index contributed by atoms with van der Waals surface area (Å²) in [5.41, 5.74) is 2.00. The number of imide groups is 1. The molecule has 1 spiro atoms. The van der Waals surface area contributed by atoms with E-state index in [0.717, 1.165) is 31.4 Å². The lowest BCUT2D eigenvalue weighted by Crippen LogP contribution is -2.47. The molecule has 7 nitrogen and oxygen atoms in total. The molecule has 1 unspecified atom stereocenters. The second-order valence-corrected chi connectivity index (χ2v) is 10.8. The molecule has 0 bridgehead atoms. The Kier molecular flexibility index (Phi) is 5.82. The summed E-state index contributed by atoms with van der Waals surface area (Å²) in [6.07, 6.45) is 5.76. The van der Waals surface area contributed by atoms with Crippen molar-refractivity contribution in [1.82, 2.24) is 5.32 Å². The molecule has 1 aromatic carbocycles. The van der Waals surface area contributed by atoms with Gasteiger partial charge in [-0.05, 0) is 94.4 Å². The Morgan fingerprint density at radius 2 is 1.88 bits per heavy atom. The van der Waals surface area contributed by atoms with Gasteiger partial charge in [-0.1, -0.05) is 6.07 Å². The van der Waals surface area contributed by atoms with E-state index in [1.165, 1.54) is 11.1 Å². The van der Waals surface area contributed by atoms with E-state index in [2.05, 4.69) is 22.8 Å². The number of benzene rings is 1. The molecule has 7 heteroatoms. The number of ether oxygens (including phenoxy) is 1. The van der Waals surface area contributed by atoms with Crippen LogP contribution in [-0.2, 0) is 31.0 Å². The van der Waals surface area contributed by atoms with Gasteiger partial charge >= 0.3 is 5.97 Å². The number of hydrogen-bond acceptors (Lipinski definition) is 6. The van der Waals surface area contributed by atoms with Crippen LogP contribution in [0.2, 0.25) is 0 Å². The highest BCUT2D eigenvalue weighted by Gasteiger charge is 2.47. The SMILES string of the molecule is CC(C)(C)OC(=O)CC1(O)CCC2(CCc3cc(NC4CCC(=O)NC4=O)ccc32)CC1. The quantitative estimate of drug-likeness (QED) is 0.489. The number of fused-ring (bicyclic) bond motifs is 2. The van der Waals surface area contributed by atoms with Crippen molar-refractivity contribution >= 4 is 23.5 Å². The monoisotopic (exact) mass is 442 g/mol. The maximum absolute atomic E-state index is 12.2. The van der Waals surface area contributed by atoms with Gasteiger partial charge < -0.3 is 15.2 Å². The predicted molar refractivity (Wildman–Crippen MR) is 120 cm³/mol. The van der Waals surface area contributed by atoms with Crippen molar-refractivity contribution in [2.45, 2.75) is 101 Å². The van der Waals surface area contributed by atoms with Crippen LogP contribution in [0, 0.1) is 0 Å². The lowest BCUT2D eigenvalue weighted by Gasteiger charge is -2.42. The molecule has 3 aliphatic rings. The number of carbonyl (C=O) groups is 3. The molecule has 0 aromatic heterocycles. The number of esters is 1. The largest absolute Gasteiger partial charge is 0.460 e. The van der Waals surface area contributed by atoms with Gasteiger partial charge in [-0.2, -0.15) is 0 Å². The molecular weight excluding hydrogens is 408 g/mol.